The zero-order chi connectivity index (χ0) is 22.6. The lowest BCUT2D eigenvalue weighted by atomic mass is 9.95. The number of nitrogens with one attached hydrogen (secondary N) is 2. The SMILES string of the molecule is CC(C)(C)C(=O)Nc1cccc(C(=O)Nc2ccccc2Oc2ncc(Cl)cc2Cl)c1. The highest BCUT2D eigenvalue weighted by atomic mass is 35.5. The Hall–Kier alpha value is -3.09. The fourth-order valence-corrected chi connectivity index (χ4v) is 2.91. The number of benzene rings is 2. The highest BCUT2D eigenvalue weighted by Crippen LogP contribution is 2.33. The summed E-state index contributed by atoms with van der Waals surface area (Å²) in [4.78, 5) is 29.1. The number of hydrogen-bond acceptors (Lipinski definition) is 4. The fourth-order valence-electron chi connectivity index (χ4n) is 2.49. The van der Waals surface area contributed by atoms with Crippen LogP contribution in [0.3, 0.4) is 0 Å². The molecule has 8 heteroatoms. The van der Waals surface area contributed by atoms with Crippen LogP contribution in [0, 0.1) is 5.41 Å². The summed E-state index contributed by atoms with van der Waals surface area (Å²) in [7, 11) is 0. The second-order valence-corrected chi connectivity index (χ2v) is 8.62. The summed E-state index contributed by atoms with van der Waals surface area (Å²) in [6.45, 7) is 5.45. The summed E-state index contributed by atoms with van der Waals surface area (Å²) in [6.07, 6.45) is 1.42. The Morgan fingerprint density at radius 3 is 2.42 bits per heavy atom. The first kappa shape index (κ1) is 22.6. The van der Waals surface area contributed by atoms with Crippen molar-refractivity contribution >= 4 is 46.4 Å². The van der Waals surface area contributed by atoms with E-state index in [2.05, 4.69) is 15.6 Å². The van der Waals surface area contributed by atoms with Gasteiger partial charge < -0.3 is 15.4 Å². The number of rotatable bonds is 5. The van der Waals surface area contributed by atoms with Gasteiger partial charge in [0.05, 0.1) is 10.7 Å². The van der Waals surface area contributed by atoms with Crippen molar-refractivity contribution in [3.05, 3.63) is 76.4 Å². The van der Waals surface area contributed by atoms with Gasteiger partial charge in [0.15, 0.2) is 5.75 Å². The van der Waals surface area contributed by atoms with E-state index < -0.39 is 5.41 Å². The number of anilines is 2. The van der Waals surface area contributed by atoms with Crippen LogP contribution in [-0.4, -0.2) is 16.8 Å². The number of para-hydroxylation sites is 2. The minimum absolute atomic E-state index is 0.142. The molecule has 2 amide bonds. The molecule has 0 aliphatic heterocycles. The van der Waals surface area contributed by atoms with Crippen molar-refractivity contribution < 1.29 is 14.3 Å². The molecular weight excluding hydrogens is 437 g/mol. The lowest BCUT2D eigenvalue weighted by molar-refractivity contribution is -0.123. The van der Waals surface area contributed by atoms with Crippen LogP contribution in [0.1, 0.15) is 31.1 Å². The first-order chi connectivity index (χ1) is 14.6. The third-order valence-electron chi connectivity index (χ3n) is 4.18. The molecule has 0 spiro atoms. The molecule has 3 aromatic rings. The lowest BCUT2D eigenvalue weighted by Crippen LogP contribution is -2.27. The molecular formula is C23H21Cl2N3O3. The van der Waals surface area contributed by atoms with Gasteiger partial charge in [0.25, 0.3) is 5.91 Å². The molecule has 0 saturated heterocycles. The Morgan fingerprint density at radius 2 is 1.71 bits per heavy atom. The molecule has 0 bridgehead atoms. The van der Waals surface area contributed by atoms with Crippen LogP contribution in [0.4, 0.5) is 11.4 Å². The fraction of sp³-hybridized carbons (Fsp3) is 0.174. The Morgan fingerprint density at radius 1 is 0.968 bits per heavy atom. The molecule has 0 atom stereocenters. The van der Waals surface area contributed by atoms with Crippen molar-refractivity contribution in [2.75, 3.05) is 10.6 Å². The van der Waals surface area contributed by atoms with E-state index in [1.54, 1.807) is 48.5 Å². The third kappa shape index (κ3) is 5.96. The van der Waals surface area contributed by atoms with E-state index in [4.69, 9.17) is 27.9 Å². The van der Waals surface area contributed by atoms with Gasteiger partial charge in [0, 0.05) is 22.9 Å². The quantitative estimate of drug-likeness (QED) is 0.463. The van der Waals surface area contributed by atoms with Gasteiger partial charge >= 0.3 is 0 Å². The normalized spacial score (nSPS) is 11.0. The van der Waals surface area contributed by atoms with E-state index in [1.807, 2.05) is 20.8 Å². The molecule has 31 heavy (non-hydrogen) atoms. The first-order valence-corrected chi connectivity index (χ1v) is 10.2. The lowest BCUT2D eigenvalue weighted by Gasteiger charge is -2.18. The standard InChI is InChI=1S/C23H21Cl2N3O3/c1-23(2,3)22(30)27-16-8-6-7-14(11-16)20(29)28-18-9-4-5-10-19(18)31-21-17(25)12-15(24)13-26-21/h4-13H,1-3H3,(H,27,30)(H,28,29). The first-order valence-electron chi connectivity index (χ1n) is 9.44. The summed E-state index contributed by atoms with van der Waals surface area (Å²) >= 11 is 12.0. The third-order valence-corrected chi connectivity index (χ3v) is 4.66. The number of hydrogen-bond donors (Lipinski definition) is 2. The maximum Gasteiger partial charge on any atom is 0.255 e. The van der Waals surface area contributed by atoms with Crippen LogP contribution >= 0.6 is 23.2 Å². The molecule has 2 aromatic carbocycles. The van der Waals surface area contributed by atoms with Gasteiger partial charge in [-0.2, -0.15) is 0 Å². The minimum atomic E-state index is -0.550. The average Bonchev–Trinajstić information content (AvgIpc) is 2.71. The van der Waals surface area contributed by atoms with Crippen LogP contribution in [0.25, 0.3) is 0 Å². The van der Waals surface area contributed by atoms with E-state index in [0.29, 0.717) is 27.7 Å². The summed E-state index contributed by atoms with van der Waals surface area (Å²) in [5.74, 6) is 0.0265. The van der Waals surface area contributed by atoms with E-state index >= 15 is 0 Å². The van der Waals surface area contributed by atoms with Gasteiger partial charge in [-0.1, -0.05) is 62.2 Å². The molecule has 0 aliphatic carbocycles. The number of pyridine rings is 1. The molecule has 0 radical (unpaired) electrons. The van der Waals surface area contributed by atoms with Crippen LogP contribution in [-0.2, 0) is 4.79 Å². The monoisotopic (exact) mass is 457 g/mol. The van der Waals surface area contributed by atoms with E-state index in [-0.39, 0.29) is 22.7 Å². The zero-order valence-electron chi connectivity index (χ0n) is 17.2. The second-order valence-electron chi connectivity index (χ2n) is 7.78. The molecule has 1 heterocycles. The summed E-state index contributed by atoms with van der Waals surface area (Å²) < 4.78 is 5.77. The largest absolute Gasteiger partial charge is 0.435 e. The smallest absolute Gasteiger partial charge is 0.255 e. The molecule has 0 aliphatic rings. The van der Waals surface area contributed by atoms with Crippen molar-refractivity contribution in [1.29, 1.82) is 0 Å². The van der Waals surface area contributed by atoms with Gasteiger partial charge in [-0.3, -0.25) is 9.59 Å². The number of nitrogens with zero attached hydrogens (tertiary/aromatic N) is 1. The Kier molecular flexibility index (Phi) is 6.83. The Balaban J connectivity index is 1.78. The van der Waals surface area contributed by atoms with Crippen molar-refractivity contribution in [2.45, 2.75) is 20.8 Å². The van der Waals surface area contributed by atoms with E-state index in [9.17, 15) is 9.59 Å². The molecule has 3 rings (SSSR count). The van der Waals surface area contributed by atoms with Gasteiger partial charge in [0.1, 0.15) is 5.02 Å². The molecule has 0 saturated carbocycles. The van der Waals surface area contributed by atoms with E-state index in [1.165, 1.54) is 12.3 Å². The van der Waals surface area contributed by atoms with Gasteiger partial charge in [-0.15, -0.1) is 0 Å². The van der Waals surface area contributed by atoms with Gasteiger partial charge in [-0.25, -0.2) is 4.98 Å². The Labute approximate surface area is 190 Å². The number of carbonyl (C=O) groups is 2. The van der Waals surface area contributed by atoms with Crippen LogP contribution in [0.5, 0.6) is 11.6 Å². The number of aromatic nitrogens is 1. The zero-order valence-corrected chi connectivity index (χ0v) is 18.7. The van der Waals surface area contributed by atoms with Crippen molar-refractivity contribution in [1.82, 2.24) is 4.98 Å². The molecule has 6 nitrogen and oxygen atoms in total. The van der Waals surface area contributed by atoms with Crippen molar-refractivity contribution in [3.8, 4) is 11.6 Å². The summed E-state index contributed by atoms with van der Waals surface area (Å²) in [6, 6.07) is 15.1. The predicted molar refractivity (Wildman–Crippen MR) is 123 cm³/mol. The maximum atomic E-state index is 12.8. The molecule has 2 N–H and O–H groups in total. The number of halogens is 2. The molecule has 160 valence electrons. The molecule has 1 aromatic heterocycles. The van der Waals surface area contributed by atoms with Crippen molar-refractivity contribution in [2.24, 2.45) is 5.41 Å². The van der Waals surface area contributed by atoms with Crippen molar-refractivity contribution in [3.63, 3.8) is 0 Å². The molecule has 0 fully saturated rings. The number of ether oxygens (including phenoxy) is 1. The van der Waals surface area contributed by atoms with E-state index in [0.717, 1.165) is 0 Å². The topological polar surface area (TPSA) is 80.3 Å². The van der Waals surface area contributed by atoms with Crippen LogP contribution in [0.15, 0.2) is 60.8 Å². The van der Waals surface area contributed by atoms with Gasteiger partial charge in [0.2, 0.25) is 11.8 Å². The number of carbonyl (C=O) groups excluding carboxylic acids is 2. The Bertz CT molecular complexity index is 1130. The molecule has 0 unspecified atom stereocenters. The highest BCUT2D eigenvalue weighted by Gasteiger charge is 2.21. The maximum absolute atomic E-state index is 12.8. The average molecular weight is 458 g/mol. The predicted octanol–water partition coefficient (Wildman–Crippen LogP) is 6.42. The van der Waals surface area contributed by atoms with Crippen LogP contribution in [0.2, 0.25) is 10.0 Å². The summed E-state index contributed by atoms with van der Waals surface area (Å²) in [5, 5.41) is 6.27. The second kappa shape index (κ2) is 9.37. The van der Waals surface area contributed by atoms with Gasteiger partial charge in [-0.05, 0) is 36.4 Å². The highest BCUT2D eigenvalue weighted by molar-refractivity contribution is 6.35. The summed E-state index contributed by atoms with van der Waals surface area (Å²) in [5.41, 5.74) is 0.800. The minimum Gasteiger partial charge on any atom is -0.435 e. The number of amides is 2. The van der Waals surface area contributed by atoms with Crippen LogP contribution < -0.4 is 15.4 Å².